The SMILES string of the molecule is O=C1CC2CCCC(CN1)N2CC(=O)NCc1ccco1. The first kappa shape index (κ1) is 14.1. The molecule has 3 heterocycles. The van der Waals surface area contributed by atoms with Crippen molar-refractivity contribution in [1.82, 2.24) is 15.5 Å². The molecule has 2 bridgehead atoms. The lowest BCUT2D eigenvalue weighted by Gasteiger charge is -2.39. The molecule has 2 N–H and O–H groups in total. The lowest BCUT2D eigenvalue weighted by atomic mass is 9.94. The highest BCUT2D eigenvalue weighted by Crippen LogP contribution is 2.26. The van der Waals surface area contributed by atoms with Gasteiger partial charge in [0.25, 0.3) is 0 Å². The summed E-state index contributed by atoms with van der Waals surface area (Å²) in [6.07, 6.45) is 5.27. The minimum atomic E-state index is -0.0161. The minimum Gasteiger partial charge on any atom is -0.467 e. The maximum absolute atomic E-state index is 12.1. The molecule has 6 nitrogen and oxygen atoms in total. The van der Waals surface area contributed by atoms with Gasteiger partial charge >= 0.3 is 0 Å². The number of rotatable bonds is 4. The van der Waals surface area contributed by atoms with Crippen LogP contribution >= 0.6 is 0 Å². The predicted molar refractivity (Wildman–Crippen MR) is 76.3 cm³/mol. The average Bonchev–Trinajstić information content (AvgIpc) is 2.96. The zero-order chi connectivity index (χ0) is 14.7. The van der Waals surface area contributed by atoms with Crippen LogP contribution < -0.4 is 10.6 Å². The second-order valence-electron chi connectivity index (χ2n) is 5.78. The van der Waals surface area contributed by atoms with Gasteiger partial charge in [-0.25, -0.2) is 0 Å². The summed E-state index contributed by atoms with van der Waals surface area (Å²) in [6.45, 7) is 1.41. The molecule has 2 atom stereocenters. The van der Waals surface area contributed by atoms with Gasteiger partial charge in [0.1, 0.15) is 5.76 Å². The molecular formula is C15H21N3O3. The molecule has 2 amide bonds. The summed E-state index contributed by atoms with van der Waals surface area (Å²) >= 11 is 0. The molecule has 114 valence electrons. The number of hydrogen-bond acceptors (Lipinski definition) is 4. The Bertz CT molecular complexity index is 500. The first-order chi connectivity index (χ1) is 10.2. The van der Waals surface area contributed by atoms with Crippen molar-refractivity contribution < 1.29 is 14.0 Å². The standard InChI is InChI=1S/C15H21N3O3/c19-14-7-11-3-1-4-12(8-16-14)18(11)10-15(20)17-9-13-5-2-6-21-13/h2,5-6,11-12H,1,3-4,7-10H2,(H,16,19)(H,17,20). The smallest absolute Gasteiger partial charge is 0.234 e. The molecule has 0 radical (unpaired) electrons. The Kier molecular flexibility index (Phi) is 4.24. The van der Waals surface area contributed by atoms with Gasteiger partial charge in [-0.3, -0.25) is 14.5 Å². The highest BCUT2D eigenvalue weighted by atomic mass is 16.3. The van der Waals surface area contributed by atoms with E-state index in [4.69, 9.17) is 4.42 Å². The summed E-state index contributed by atoms with van der Waals surface area (Å²) in [5, 5.41) is 5.82. The largest absolute Gasteiger partial charge is 0.467 e. The van der Waals surface area contributed by atoms with Gasteiger partial charge in [0.05, 0.1) is 19.4 Å². The molecule has 0 aliphatic carbocycles. The zero-order valence-electron chi connectivity index (χ0n) is 12.0. The normalized spacial score (nSPS) is 26.0. The van der Waals surface area contributed by atoms with Crippen LogP contribution in [0.5, 0.6) is 0 Å². The van der Waals surface area contributed by atoms with E-state index in [2.05, 4.69) is 15.5 Å². The van der Waals surface area contributed by atoms with Gasteiger partial charge in [-0.05, 0) is 25.0 Å². The van der Waals surface area contributed by atoms with Gasteiger partial charge in [0.2, 0.25) is 11.8 Å². The van der Waals surface area contributed by atoms with E-state index >= 15 is 0 Å². The van der Waals surface area contributed by atoms with E-state index in [1.807, 2.05) is 6.07 Å². The number of piperidine rings is 1. The number of carbonyl (C=O) groups is 2. The lowest BCUT2D eigenvalue weighted by Crippen LogP contribution is -2.51. The van der Waals surface area contributed by atoms with Crippen LogP contribution in [0.2, 0.25) is 0 Å². The number of nitrogens with zero attached hydrogens (tertiary/aromatic N) is 1. The molecule has 2 aliphatic rings. The highest BCUT2D eigenvalue weighted by molar-refractivity contribution is 5.79. The molecule has 1 aromatic heterocycles. The number of nitrogens with one attached hydrogen (secondary N) is 2. The Morgan fingerprint density at radius 2 is 2.29 bits per heavy atom. The molecular weight excluding hydrogens is 270 g/mol. The second-order valence-corrected chi connectivity index (χ2v) is 5.78. The summed E-state index contributed by atoms with van der Waals surface area (Å²) in [4.78, 5) is 26.0. The summed E-state index contributed by atoms with van der Waals surface area (Å²) in [6, 6.07) is 4.12. The fourth-order valence-electron chi connectivity index (χ4n) is 3.25. The van der Waals surface area contributed by atoms with E-state index in [1.165, 1.54) is 0 Å². The van der Waals surface area contributed by atoms with Crippen LogP contribution in [0.3, 0.4) is 0 Å². The fourth-order valence-corrected chi connectivity index (χ4v) is 3.25. The van der Waals surface area contributed by atoms with Crippen molar-refractivity contribution in [2.75, 3.05) is 13.1 Å². The monoisotopic (exact) mass is 291 g/mol. The Morgan fingerprint density at radius 1 is 1.43 bits per heavy atom. The van der Waals surface area contributed by atoms with E-state index < -0.39 is 0 Å². The van der Waals surface area contributed by atoms with Crippen LogP contribution in [0.4, 0.5) is 0 Å². The van der Waals surface area contributed by atoms with Gasteiger partial charge in [-0.2, -0.15) is 0 Å². The van der Waals surface area contributed by atoms with Crippen molar-refractivity contribution in [3.05, 3.63) is 24.2 Å². The van der Waals surface area contributed by atoms with Crippen LogP contribution in [0.1, 0.15) is 31.4 Å². The van der Waals surface area contributed by atoms with Crippen LogP contribution in [-0.4, -0.2) is 41.9 Å². The predicted octanol–water partition coefficient (Wildman–Crippen LogP) is 0.639. The third-order valence-electron chi connectivity index (χ3n) is 4.33. The summed E-state index contributed by atoms with van der Waals surface area (Å²) in [5.41, 5.74) is 0. The van der Waals surface area contributed by atoms with Crippen molar-refractivity contribution in [1.29, 1.82) is 0 Å². The molecule has 0 spiro atoms. The quantitative estimate of drug-likeness (QED) is 0.853. The van der Waals surface area contributed by atoms with Gasteiger partial charge in [-0.1, -0.05) is 6.42 Å². The number of amides is 2. The Morgan fingerprint density at radius 3 is 3.10 bits per heavy atom. The number of hydrogen-bond donors (Lipinski definition) is 2. The van der Waals surface area contributed by atoms with Crippen LogP contribution in [0, 0.1) is 0 Å². The van der Waals surface area contributed by atoms with Crippen molar-refractivity contribution in [2.45, 2.75) is 44.3 Å². The van der Waals surface area contributed by atoms with E-state index in [-0.39, 0.29) is 23.9 Å². The highest BCUT2D eigenvalue weighted by Gasteiger charge is 2.35. The molecule has 2 aliphatic heterocycles. The number of fused-ring (bicyclic) bond motifs is 2. The number of carbonyl (C=O) groups excluding carboxylic acids is 2. The van der Waals surface area contributed by atoms with Crippen molar-refractivity contribution in [2.24, 2.45) is 0 Å². The lowest BCUT2D eigenvalue weighted by molar-refractivity contribution is -0.125. The third kappa shape index (κ3) is 3.44. The van der Waals surface area contributed by atoms with Crippen molar-refractivity contribution >= 4 is 11.8 Å². The Hall–Kier alpha value is -1.82. The first-order valence-corrected chi connectivity index (χ1v) is 7.54. The van der Waals surface area contributed by atoms with E-state index in [9.17, 15) is 9.59 Å². The van der Waals surface area contributed by atoms with Crippen LogP contribution in [-0.2, 0) is 16.1 Å². The van der Waals surface area contributed by atoms with Crippen LogP contribution in [0.15, 0.2) is 22.8 Å². The first-order valence-electron chi connectivity index (χ1n) is 7.54. The minimum absolute atomic E-state index is 0.0161. The molecule has 1 aromatic rings. The molecule has 2 fully saturated rings. The Labute approximate surface area is 123 Å². The fraction of sp³-hybridized carbons (Fsp3) is 0.600. The Balaban J connectivity index is 1.57. The summed E-state index contributed by atoms with van der Waals surface area (Å²) < 4.78 is 5.20. The van der Waals surface area contributed by atoms with Gasteiger partial charge < -0.3 is 15.1 Å². The molecule has 2 saturated heterocycles. The molecule has 21 heavy (non-hydrogen) atoms. The van der Waals surface area contributed by atoms with E-state index in [0.717, 1.165) is 25.0 Å². The van der Waals surface area contributed by atoms with Gasteiger partial charge in [0, 0.05) is 25.0 Å². The summed E-state index contributed by atoms with van der Waals surface area (Å²) in [5.74, 6) is 0.833. The summed E-state index contributed by atoms with van der Waals surface area (Å²) in [7, 11) is 0. The second kappa shape index (κ2) is 6.30. The topological polar surface area (TPSA) is 74.6 Å². The van der Waals surface area contributed by atoms with Gasteiger partial charge in [0.15, 0.2) is 0 Å². The molecule has 6 heteroatoms. The van der Waals surface area contributed by atoms with Gasteiger partial charge in [-0.15, -0.1) is 0 Å². The van der Waals surface area contributed by atoms with E-state index in [0.29, 0.717) is 26.1 Å². The number of furan rings is 1. The van der Waals surface area contributed by atoms with Crippen LogP contribution in [0.25, 0.3) is 0 Å². The van der Waals surface area contributed by atoms with E-state index in [1.54, 1.807) is 12.3 Å². The van der Waals surface area contributed by atoms with Crippen molar-refractivity contribution in [3.63, 3.8) is 0 Å². The molecule has 0 aromatic carbocycles. The molecule has 3 rings (SSSR count). The average molecular weight is 291 g/mol. The maximum Gasteiger partial charge on any atom is 0.234 e. The molecule has 2 unspecified atom stereocenters. The maximum atomic E-state index is 12.1. The third-order valence-corrected chi connectivity index (χ3v) is 4.33. The zero-order valence-corrected chi connectivity index (χ0v) is 12.0. The van der Waals surface area contributed by atoms with Crippen molar-refractivity contribution in [3.8, 4) is 0 Å². The molecule has 0 saturated carbocycles.